The van der Waals surface area contributed by atoms with E-state index in [1.807, 2.05) is 12.3 Å². The van der Waals surface area contributed by atoms with Gasteiger partial charge in [-0.2, -0.15) is 5.10 Å². The summed E-state index contributed by atoms with van der Waals surface area (Å²) in [5.41, 5.74) is 5.26. The van der Waals surface area contributed by atoms with E-state index in [4.69, 9.17) is 5.73 Å². The van der Waals surface area contributed by atoms with Gasteiger partial charge in [0.05, 0.1) is 6.54 Å². The number of nitrogens with two attached hydrogens (primary N) is 1. The molecule has 0 bridgehead atoms. The van der Waals surface area contributed by atoms with Gasteiger partial charge in [0, 0.05) is 18.9 Å². The first-order chi connectivity index (χ1) is 3.93. The van der Waals surface area contributed by atoms with Crippen molar-refractivity contribution in [2.75, 3.05) is 6.54 Å². The zero-order valence-corrected chi connectivity index (χ0v) is 9.47. The molecule has 1 heterocycles. The molecule has 0 aliphatic carbocycles. The maximum atomic E-state index is 5.26. The van der Waals surface area contributed by atoms with Gasteiger partial charge in [-0.25, -0.2) is 0 Å². The summed E-state index contributed by atoms with van der Waals surface area (Å²) in [5.74, 6) is 0. The normalized spacial score (nSPS) is 7.00. The number of hydrogen-bond donors (Lipinski definition) is 1. The molecule has 1 aromatic heterocycles. The van der Waals surface area contributed by atoms with Gasteiger partial charge in [-0.05, 0) is 6.07 Å². The Morgan fingerprint density at radius 1 is 1.36 bits per heavy atom. The Kier molecular flexibility index (Phi) is 16.6. The third kappa shape index (κ3) is 6.82. The van der Waals surface area contributed by atoms with Crippen LogP contribution in [0.2, 0.25) is 0 Å². The second-order valence-electron chi connectivity index (χ2n) is 1.56. The van der Waals surface area contributed by atoms with Crippen molar-refractivity contribution in [2.24, 2.45) is 5.73 Å². The molecule has 0 aliphatic heterocycles. The minimum atomic E-state index is 0. The average molecular weight is 377 g/mol. The molecule has 6 heteroatoms. The van der Waals surface area contributed by atoms with Crippen LogP contribution in [0.15, 0.2) is 18.5 Å². The fraction of sp³-hybridized carbons (Fsp3) is 0.400. The number of halogens is 2. The third-order valence-corrected chi connectivity index (χ3v) is 0.917. The van der Waals surface area contributed by atoms with E-state index in [0.29, 0.717) is 6.54 Å². The molecule has 0 aliphatic rings. The van der Waals surface area contributed by atoms with E-state index < -0.39 is 0 Å². The van der Waals surface area contributed by atoms with Crippen LogP contribution in [0.3, 0.4) is 0 Å². The van der Waals surface area contributed by atoms with Crippen molar-refractivity contribution in [2.45, 2.75) is 6.54 Å². The van der Waals surface area contributed by atoms with Crippen molar-refractivity contribution in [3.05, 3.63) is 18.5 Å². The maximum Gasteiger partial charge on any atom is 2.00 e. The average Bonchev–Trinajstić information content (AvgIpc) is 2.19. The Balaban J connectivity index is -0.000000213. The number of rotatable bonds is 2. The molecule has 1 rings (SSSR count). The van der Waals surface area contributed by atoms with E-state index >= 15 is 0 Å². The van der Waals surface area contributed by atoms with E-state index in [1.54, 1.807) is 10.9 Å². The van der Waals surface area contributed by atoms with Gasteiger partial charge in [-0.15, -0.1) is 0 Å². The molecule has 0 saturated heterocycles. The number of nitrogens with zero attached hydrogens (tertiary/aromatic N) is 2. The van der Waals surface area contributed by atoms with Crippen LogP contribution < -0.4 is 30.5 Å². The van der Waals surface area contributed by atoms with Gasteiger partial charge >= 0.3 is 21.1 Å². The van der Waals surface area contributed by atoms with Crippen molar-refractivity contribution in [1.29, 1.82) is 0 Å². The first kappa shape index (κ1) is 17.5. The summed E-state index contributed by atoms with van der Waals surface area (Å²) in [7, 11) is 0. The Labute approximate surface area is 92.8 Å². The summed E-state index contributed by atoms with van der Waals surface area (Å²) in [6.07, 6.45) is 3.64. The first-order valence-corrected chi connectivity index (χ1v) is 2.61. The number of hydrogen-bond acceptors (Lipinski definition) is 2. The van der Waals surface area contributed by atoms with Crippen LogP contribution in [0.25, 0.3) is 0 Å². The standard InChI is InChI=1S/C5H9N3.2ClH.Pt/c6-2-5-8-4-1-3-7-8;;;/h1,3-4H,2,5-6H2;2*1H;/q;;;+2/p-2. The minimum absolute atomic E-state index is 0. The van der Waals surface area contributed by atoms with Gasteiger partial charge in [-0.3, -0.25) is 4.68 Å². The molecule has 1 aromatic rings. The number of aromatic nitrogens is 2. The zero-order chi connectivity index (χ0) is 5.82. The Morgan fingerprint density at radius 2 is 2.00 bits per heavy atom. The van der Waals surface area contributed by atoms with Crippen LogP contribution >= 0.6 is 0 Å². The molecule has 3 nitrogen and oxygen atoms in total. The van der Waals surface area contributed by atoms with Crippen LogP contribution in [-0.4, -0.2) is 16.3 Å². The maximum absolute atomic E-state index is 5.26. The second kappa shape index (κ2) is 10.4. The fourth-order valence-corrected chi connectivity index (χ4v) is 0.565. The summed E-state index contributed by atoms with van der Waals surface area (Å²) in [4.78, 5) is 0. The molecular formula is C5H9Cl2N3Pt. The first-order valence-electron chi connectivity index (χ1n) is 2.61. The molecule has 0 spiro atoms. The van der Waals surface area contributed by atoms with Crippen molar-refractivity contribution < 1.29 is 45.9 Å². The van der Waals surface area contributed by atoms with Crippen LogP contribution in [0.1, 0.15) is 0 Å². The molecule has 0 atom stereocenters. The van der Waals surface area contributed by atoms with Crippen LogP contribution in [-0.2, 0) is 27.6 Å². The molecule has 0 fully saturated rings. The molecule has 0 amide bonds. The summed E-state index contributed by atoms with van der Waals surface area (Å²) < 4.78 is 1.81. The van der Waals surface area contributed by atoms with Gasteiger partial charge in [0.2, 0.25) is 0 Å². The second-order valence-corrected chi connectivity index (χ2v) is 1.56. The van der Waals surface area contributed by atoms with Gasteiger partial charge in [0.1, 0.15) is 0 Å². The Morgan fingerprint density at radius 3 is 2.36 bits per heavy atom. The largest absolute Gasteiger partial charge is 2.00 e. The third-order valence-electron chi connectivity index (χ3n) is 0.917. The minimum Gasteiger partial charge on any atom is -1.00 e. The Hall–Kier alpha value is 0.438. The zero-order valence-electron chi connectivity index (χ0n) is 5.69. The van der Waals surface area contributed by atoms with Gasteiger partial charge in [0.15, 0.2) is 0 Å². The van der Waals surface area contributed by atoms with Crippen LogP contribution in [0, 0.1) is 0 Å². The molecule has 0 aromatic carbocycles. The smallest absolute Gasteiger partial charge is 1.00 e. The summed E-state index contributed by atoms with van der Waals surface area (Å²) in [5, 5.41) is 3.94. The van der Waals surface area contributed by atoms with E-state index in [-0.39, 0.29) is 45.9 Å². The van der Waals surface area contributed by atoms with E-state index in [2.05, 4.69) is 5.10 Å². The van der Waals surface area contributed by atoms with Gasteiger partial charge < -0.3 is 30.5 Å². The van der Waals surface area contributed by atoms with Gasteiger partial charge in [-0.1, -0.05) is 0 Å². The van der Waals surface area contributed by atoms with E-state index in [9.17, 15) is 0 Å². The summed E-state index contributed by atoms with van der Waals surface area (Å²) >= 11 is 0. The molecule has 68 valence electrons. The SMILES string of the molecule is NCCn1cccn1.[Cl-].[Cl-].[Pt+2]. The van der Waals surface area contributed by atoms with Crippen molar-refractivity contribution in [3.63, 3.8) is 0 Å². The van der Waals surface area contributed by atoms with E-state index in [0.717, 1.165) is 6.54 Å². The van der Waals surface area contributed by atoms with Crippen LogP contribution in [0.5, 0.6) is 0 Å². The summed E-state index contributed by atoms with van der Waals surface area (Å²) in [6, 6.07) is 1.88. The molecule has 0 unspecified atom stereocenters. The molecular weight excluding hydrogens is 368 g/mol. The predicted octanol–water partition coefficient (Wildman–Crippen LogP) is -6.15. The molecule has 2 N–H and O–H groups in total. The molecule has 0 radical (unpaired) electrons. The molecule has 0 saturated carbocycles. The van der Waals surface area contributed by atoms with E-state index in [1.165, 1.54) is 0 Å². The summed E-state index contributed by atoms with van der Waals surface area (Å²) in [6.45, 7) is 1.47. The fourth-order valence-electron chi connectivity index (χ4n) is 0.565. The van der Waals surface area contributed by atoms with Crippen molar-refractivity contribution >= 4 is 0 Å². The van der Waals surface area contributed by atoms with Crippen molar-refractivity contribution in [3.8, 4) is 0 Å². The van der Waals surface area contributed by atoms with Crippen LogP contribution in [0.4, 0.5) is 0 Å². The molecule has 11 heavy (non-hydrogen) atoms. The topological polar surface area (TPSA) is 43.8 Å². The van der Waals surface area contributed by atoms with Gasteiger partial charge in [0.25, 0.3) is 0 Å². The Bertz CT molecular complexity index is 145. The predicted molar refractivity (Wildman–Crippen MR) is 31.3 cm³/mol. The van der Waals surface area contributed by atoms with Crippen molar-refractivity contribution in [1.82, 2.24) is 9.78 Å². The monoisotopic (exact) mass is 376 g/mol. The quantitative estimate of drug-likeness (QED) is 0.558.